The molecule has 0 unspecified atom stereocenters. The molecular weight excluding hydrogens is 298 g/mol. The van der Waals surface area contributed by atoms with Gasteiger partial charge in [-0.3, -0.25) is 14.9 Å². The number of nitro groups is 1. The zero-order valence-corrected chi connectivity index (χ0v) is 12.7. The van der Waals surface area contributed by atoms with Crippen LogP contribution in [0.4, 0.5) is 11.4 Å². The van der Waals surface area contributed by atoms with Crippen LogP contribution in [0.5, 0.6) is 0 Å². The van der Waals surface area contributed by atoms with E-state index in [-0.39, 0.29) is 24.2 Å². The number of hydrogen-bond donors (Lipinski definition) is 1. The van der Waals surface area contributed by atoms with Crippen molar-refractivity contribution in [2.75, 3.05) is 18.0 Å². The number of carbonyl (C=O) groups excluding carboxylic acids is 1. The van der Waals surface area contributed by atoms with Gasteiger partial charge in [0.25, 0.3) is 5.69 Å². The summed E-state index contributed by atoms with van der Waals surface area (Å²) in [5, 5.41) is 13.8. The van der Waals surface area contributed by atoms with Crippen molar-refractivity contribution in [3.8, 4) is 0 Å². The normalized spacial score (nSPS) is 14.4. The largest absolute Gasteiger partial charge is 0.467 e. The zero-order valence-electron chi connectivity index (χ0n) is 12.7. The molecule has 2 aromatic rings. The topological polar surface area (TPSA) is 88.6 Å². The molecule has 120 valence electrons. The molecule has 1 atom stereocenters. The van der Waals surface area contributed by atoms with Crippen LogP contribution >= 0.6 is 0 Å². The molecule has 0 bridgehead atoms. The van der Waals surface area contributed by atoms with Gasteiger partial charge in [-0.25, -0.2) is 0 Å². The van der Waals surface area contributed by atoms with E-state index in [4.69, 9.17) is 4.42 Å². The quantitative estimate of drug-likeness (QED) is 0.676. The summed E-state index contributed by atoms with van der Waals surface area (Å²) in [6.45, 7) is 2.69. The van der Waals surface area contributed by atoms with Crippen LogP contribution in [0, 0.1) is 10.1 Å². The lowest BCUT2D eigenvalue weighted by Crippen LogP contribution is -2.37. The number of hydrogen-bond acceptors (Lipinski definition) is 5. The fraction of sp³-hybridized carbons (Fsp3) is 0.312. The van der Waals surface area contributed by atoms with Crippen LogP contribution in [0.15, 0.2) is 41.0 Å². The third-order valence-corrected chi connectivity index (χ3v) is 3.95. The van der Waals surface area contributed by atoms with Gasteiger partial charge in [-0.1, -0.05) is 6.07 Å². The Hall–Kier alpha value is -2.83. The van der Waals surface area contributed by atoms with Crippen molar-refractivity contribution in [2.24, 2.45) is 0 Å². The number of amides is 1. The highest BCUT2D eigenvalue weighted by atomic mass is 16.6. The first-order valence-electron chi connectivity index (χ1n) is 7.39. The molecule has 1 amide bonds. The van der Waals surface area contributed by atoms with Gasteiger partial charge in [0.15, 0.2) is 0 Å². The lowest BCUT2D eigenvalue weighted by atomic mass is 10.1. The Balaban J connectivity index is 1.67. The molecule has 1 N–H and O–H groups in total. The van der Waals surface area contributed by atoms with Crippen molar-refractivity contribution in [3.63, 3.8) is 0 Å². The maximum atomic E-state index is 12.2. The molecule has 0 radical (unpaired) electrons. The second-order valence-electron chi connectivity index (χ2n) is 5.55. The van der Waals surface area contributed by atoms with E-state index < -0.39 is 4.92 Å². The molecule has 7 nitrogen and oxygen atoms in total. The van der Waals surface area contributed by atoms with Crippen LogP contribution in [-0.4, -0.2) is 23.9 Å². The predicted octanol–water partition coefficient (Wildman–Crippen LogP) is 2.43. The molecule has 0 fully saturated rings. The smallest absolute Gasteiger partial charge is 0.271 e. The number of benzene rings is 1. The molecule has 23 heavy (non-hydrogen) atoms. The minimum atomic E-state index is -0.421. The number of non-ortho nitro benzene ring substituents is 1. The van der Waals surface area contributed by atoms with Crippen LogP contribution in [0.2, 0.25) is 0 Å². The van der Waals surface area contributed by atoms with E-state index in [0.717, 1.165) is 17.7 Å². The van der Waals surface area contributed by atoms with Crippen molar-refractivity contribution in [1.82, 2.24) is 5.32 Å². The maximum absolute atomic E-state index is 12.2. The summed E-state index contributed by atoms with van der Waals surface area (Å²) in [7, 11) is 0. The van der Waals surface area contributed by atoms with Crippen LogP contribution in [0.3, 0.4) is 0 Å². The van der Waals surface area contributed by atoms with Crippen molar-refractivity contribution in [3.05, 3.63) is 58.0 Å². The molecule has 0 spiro atoms. The highest BCUT2D eigenvalue weighted by Crippen LogP contribution is 2.31. The number of furan rings is 1. The SMILES string of the molecule is C[C@@H](NC(=O)CN1CCc2ccc([N+](=O)[O-])cc21)c1ccco1. The highest BCUT2D eigenvalue weighted by molar-refractivity contribution is 5.82. The van der Waals surface area contributed by atoms with Crippen molar-refractivity contribution < 1.29 is 14.1 Å². The summed E-state index contributed by atoms with van der Waals surface area (Å²) in [6.07, 6.45) is 2.35. The fourth-order valence-corrected chi connectivity index (χ4v) is 2.78. The third-order valence-electron chi connectivity index (χ3n) is 3.95. The predicted molar refractivity (Wildman–Crippen MR) is 84.3 cm³/mol. The van der Waals surface area contributed by atoms with Crippen LogP contribution < -0.4 is 10.2 Å². The maximum Gasteiger partial charge on any atom is 0.271 e. The van der Waals surface area contributed by atoms with E-state index in [9.17, 15) is 14.9 Å². The molecule has 0 saturated carbocycles. The molecule has 1 aliphatic rings. The van der Waals surface area contributed by atoms with E-state index in [1.54, 1.807) is 24.5 Å². The number of fused-ring (bicyclic) bond motifs is 1. The molecule has 1 aliphatic heterocycles. The van der Waals surface area contributed by atoms with Gasteiger partial charge in [0.2, 0.25) is 5.91 Å². The van der Waals surface area contributed by atoms with Gasteiger partial charge in [-0.15, -0.1) is 0 Å². The summed E-state index contributed by atoms with van der Waals surface area (Å²) in [6, 6.07) is 8.15. The number of carbonyl (C=O) groups is 1. The summed E-state index contributed by atoms with van der Waals surface area (Å²) >= 11 is 0. The molecule has 0 aliphatic carbocycles. The molecule has 3 rings (SSSR count). The Morgan fingerprint density at radius 3 is 3.00 bits per heavy atom. The number of anilines is 1. The summed E-state index contributed by atoms with van der Waals surface area (Å²) in [5.41, 5.74) is 1.84. The number of nitrogens with zero attached hydrogens (tertiary/aromatic N) is 2. The van der Waals surface area contributed by atoms with Gasteiger partial charge in [0, 0.05) is 24.4 Å². The Morgan fingerprint density at radius 1 is 1.48 bits per heavy atom. The van der Waals surface area contributed by atoms with E-state index in [1.807, 2.05) is 11.8 Å². The van der Waals surface area contributed by atoms with E-state index in [2.05, 4.69) is 5.32 Å². The first-order valence-corrected chi connectivity index (χ1v) is 7.39. The summed E-state index contributed by atoms with van der Waals surface area (Å²) < 4.78 is 5.26. The second kappa shape index (κ2) is 6.12. The minimum absolute atomic E-state index is 0.0417. The number of rotatable bonds is 5. The molecule has 0 saturated heterocycles. The third kappa shape index (κ3) is 3.18. The zero-order chi connectivity index (χ0) is 16.4. The van der Waals surface area contributed by atoms with Gasteiger partial charge in [-0.05, 0) is 31.0 Å². The minimum Gasteiger partial charge on any atom is -0.467 e. The first kappa shape index (κ1) is 15.1. The fourth-order valence-electron chi connectivity index (χ4n) is 2.78. The molecule has 1 aromatic carbocycles. The molecular formula is C16H17N3O4. The second-order valence-corrected chi connectivity index (χ2v) is 5.55. The van der Waals surface area contributed by atoms with Crippen molar-refractivity contribution in [2.45, 2.75) is 19.4 Å². The summed E-state index contributed by atoms with van der Waals surface area (Å²) in [4.78, 5) is 24.6. The monoisotopic (exact) mass is 315 g/mol. The first-order chi connectivity index (χ1) is 11.0. The Labute approximate surface area is 133 Å². The highest BCUT2D eigenvalue weighted by Gasteiger charge is 2.24. The van der Waals surface area contributed by atoms with Gasteiger partial charge in [0.1, 0.15) is 5.76 Å². The summed E-state index contributed by atoms with van der Waals surface area (Å²) in [5.74, 6) is 0.545. The van der Waals surface area contributed by atoms with Gasteiger partial charge >= 0.3 is 0 Å². The van der Waals surface area contributed by atoms with Gasteiger partial charge < -0.3 is 14.6 Å². The van der Waals surface area contributed by atoms with Crippen LogP contribution in [0.25, 0.3) is 0 Å². The van der Waals surface area contributed by atoms with Crippen molar-refractivity contribution in [1.29, 1.82) is 0 Å². The standard InChI is InChI=1S/C16H17N3O4/c1-11(15-3-2-8-23-15)17-16(20)10-18-7-6-12-4-5-13(19(21)22)9-14(12)18/h2-5,8-9,11H,6-7,10H2,1H3,(H,17,20)/t11-/m1/s1. The van der Waals surface area contributed by atoms with Gasteiger partial charge in [-0.2, -0.15) is 0 Å². The molecule has 7 heteroatoms. The van der Waals surface area contributed by atoms with E-state index in [1.165, 1.54) is 12.1 Å². The Bertz CT molecular complexity index is 727. The van der Waals surface area contributed by atoms with Crippen molar-refractivity contribution >= 4 is 17.3 Å². The van der Waals surface area contributed by atoms with E-state index in [0.29, 0.717) is 12.3 Å². The lowest BCUT2D eigenvalue weighted by Gasteiger charge is -2.20. The number of nitrogens with one attached hydrogen (secondary N) is 1. The average molecular weight is 315 g/mol. The van der Waals surface area contributed by atoms with Crippen LogP contribution in [0.1, 0.15) is 24.3 Å². The van der Waals surface area contributed by atoms with Crippen LogP contribution in [-0.2, 0) is 11.2 Å². The Kier molecular flexibility index (Phi) is 4.01. The molecule has 1 aromatic heterocycles. The molecule has 2 heterocycles. The van der Waals surface area contributed by atoms with E-state index >= 15 is 0 Å². The Morgan fingerprint density at radius 2 is 2.30 bits per heavy atom. The number of nitro benzene ring substituents is 1. The average Bonchev–Trinajstić information content (AvgIpc) is 3.16. The lowest BCUT2D eigenvalue weighted by molar-refractivity contribution is -0.384. The van der Waals surface area contributed by atoms with Gasteiger partial charge in [0.05, 0.1) is 23.8 Å².